The van der Waals surface area contributed by atoms with Crippen LogP contribution in [0.25, 0.3) is 0 Å². The normalized spacial score (nSPS) is 16.1. The zero-order chi connectivity index (χ0) is 21.4. The number of fused-ring (bicyclic) bond motifs is 1. The maximum atomic E-state index is 12.7. The average molecular weight is 438 g/mol. The maximum absolute atomic E-state index is 12.7. The highest BCUT2D eigenvalue weighted by atomic mass is 32.2. The van der Waals surface area contributed by atoms with Gasteiger partial charge in [-0.05, 0) is 41.4 Å². The Bertz CT molecular complexity index is 1240. The Labute approximate surface area is 184 Å². The third kappa shape index (κ3) is 3.87. The summed E-state index contributed by atoms with van der Waals surface area (Å²) in [7, 11) is 1.62. The predicted octanol–water partition coefficient (Wildman–Crippen LogP) is 5.63. The summed E-state index contributed by atoms with van der Waals surface area (Å²) in [4.78, 5) is 21.2. The van der Waals surface area contributed by atoms with Gasteiger partial charge in [0.1, 0.15) is 5.56 Å². The predicted molar refractivity (Wildman–Crippen MR) is 125 cm³/mol. The minimum Gasteiger partial charge on any atom is -0.494 e. The molecule has 0 amide bonds. The fourth-order valence-electron chi connectivity index (χ4n) is 3.52. The lowest BCUT2D eigenvalue weighted by molar-refractivity contribution is 0.419. The van der Waals surface area contributed by atoms with E-state index in [4.69, 9.17) is 17.2 Å². The Morgan fingerprint density at radius 2 is 1.90 bits per heavy atom. The van der Waals surface area contributed by atoms with Crippen LogP contribution in [0.3, 0.4) is 0 Å². The smallest absolute Gasteiger partial charge is 0.264 e. The van der Waals surface area contributed by atoms with Gasteiger partial charge in [0.15, 0.2) is 4.77 Å². The van der Waals surface area contributed by atoms with E-state index in [1.54, 1.807) is 18.8 Å². The fraction of sp³-hybridized carbons (Fsp3) is 0.261. The quantitative estimate of drug-likeness (QED) is 0.521. The number of hydrogen-bond acceptors (Lipinski definition) is 5. The molecule has 30 heavy (non-hydrogen) atoms. The monoisotopic (exact) mass is 437 g/mol. The van der Waals surface area contributed by atoms with Crippen molar-refractivity contribution >= 4 is 35.4 Å². The lowest BCUT2D eigenvalue weighted by Gasteiger charge is -2.17. The summed E-state index contributed by atoms with van der Waals surface area (Å²) in [5, 5.41) is 10.8. The minimum absolute atomic E-state index is 0.0564. The van der Waals surface area contributed by atoms with Crippen molar-refractivity contribution in [3.8, 4) is 5.88 Å². The summed E-state index contributed by atoms with van der Waals surface area (Å²) in [6.07, 6.45) is 0.508. The topological polar surface area (TPSA) is 70.4 Å². The molecule has 1 unspecified atom stereocenters. The first-order valence-corrected chi connectivity index (χ1v) is 11.1. The molecule has 0 bridgehead atoms. The molecule has 1 aliphatic rings. The first-order valence-electron chi connectivity index (χ1n) is 9.81. The number of aromatic nitrogens is 2. The van der Waals surface area contributed by atoms with Crippen LogP contribution in [0.2, 0.25) is 0 Å². The van der Waals surface area contributed by atoms with Gasteiger partial charge in [-0.25, -0.2) is 0 Å². The summed E-state index contributed by atoms with van der Waals surface area (Å²) in [5.41, 5.74) is 3.54. The van der Waals surface area contributed by atoms with Crippen molar-refractivity contribution in [2.75, 3.05) is 0 Å². The summed E-state index contributed by atoms with van der Waals surface area (Å²) in [6.45, 7) is 4.35. The van der Waals surface area contributed by atoms with Crippen LogP contribution in [0.5, 0.6) is 5.88 Å². The van der Waals surface area contributed by atoms with Crippen LogP contribution in [0, 0.1) is 4.77 Å². The van der Waals surface area contributed by atoms with Gasteiger partial charge in [0.25, 0.3) is 5.56 Å². The van der Waals surface area contributed by atoms with E-state index in [-0.39, 0.29) is 21.5 Å². The first-order chi connectivity index (χ1) is 14.3. The Hall–Kier alpha value is -2.64. The molecule has 154 valence electrons. The molecule has 4 rings (SSSR count). The van der Waals surface area contributed by atoms with Crippen molar-refractivity contribution < 1.29 is 5.11 Å². The van der Waals surface area contributed by atoms with E-state index in [1.807, 2.05) is 24.3 Å². The Balaban J connectivity index is 1.85. The summed E-state index contributed by atoms with van der Waals surface area (Å²) < 4.78 is 1.57. The van der Waals surface area contributed by atoms with Crippen LogP contribution in [-0.2, 0) is 7.05 Å². The number of benzene rings is 2. The summed E-state index contributed by atoms with van der Waals surface area (Å²) in [6, 6.07) is 16.5. The fourth-order valence-corrected chi connectivity index (χ4v) is 4.93. The van der Waals surface area contributed by atoms with Crippen molar-refractivity contribution in [1.29, 1.82) is 0 Å². The zero-order valence-electron chi connectivity index (χ0n) is 17.0. The van der Waals surface area contributed by atoms with Crippen molar-refractivity contribution in [2.45, 2.75) is 36.3 Å². The first kappa shape index (κ1) is 20.6. The van der Waals surface area contributed by atoms with Gasteiger partial charge < -0.3 is 5.11 Å². The molecule has 0 aliphatic carbocycles. The summed E-state index contributed by atoms with van der Waals surface area (Å²) in [5.74, 6) is 0.298. The molecular formula is C23H23N3O2S2. The van der Waals surface area contributed by atoms with E-state index < -0.39 is 5.56 Å². The van der Waals surface area contributed by atoms with Gasteiger partial charge in [0.2, 0.25) is 5.88 Å². The minimum atomic E-state index is -0.423. The van der Waals surface area contributed by atoms with E-state index >= 15 is 0 Å². The lowest BCUT2D eigenvalue weighted by atomic mass is 9.98. The number of nitrogens with one attached hydrogen (secondary N) is 1. The molecule has 3 aromatic rings. The van der Waals surface area contributed by atoms with Crippen LogP contribution in [0.1, 0.15) is 48.1 Å². The van der Waals surface area contributed by atoms with E-state index in [0.717, 1.165) is 16.1 Å². The molecule has 0 saturated carbocycles. The highest BCUT2D eigenvalue weighted by molar-refractivity contribution is 7.99. The van der Waals surface area contributed by atoms with Crippen molar-refractivity contribution in [3.63, 3.8) is 0 Å². The number of hydrogen-bond donors (Lipinski definition) is 2. The molecule has 1 aromatic heterocycles. The molecule has 7 heteroatoms. The number of nitrogens with zero attached hydrogens (tertiary/aromatic N) is 2. The molecule has 2 N–H and O–H groups in total. The highest BCUT2D eigenvalue weighted by Gasteiger charge is 2.26. The SMILES string of the molecule is CC(C)c1ccc(C2CC(c3c(O)n(C)c(=S)[nH]c3=O)=Nc3ccccc3S2)cc1. The Morgan fingerprint density at radius 3 is 2.60 bits per heavy atom. The maximum Gasteiger partial charge on any atom is 0.264 e. The molecule has 0 radical (unpaired) electrons. The highest BCUT2D eigenvalue weighted by Crippen LogP contribution is 2.45. The zero-order valence-corrected chi connectivity index (χ0v) is 18.7. The molecular weight excluding hydrogens is 414 g/mol. The van der Waals surface area contributed by atoms with Crippen LogP contribution in [0.4, 0.5) is 5.69 Å². The van der Waals surface area contributed by atoms with Crippen molar-refractivity contribution in [2.24, 2.45) is 12.0 Å². The standard InChI is InChI=1S/C23H23N3O2S2/c1-13(2)14-8-10-15(11-9-14)19-12-17(24-16-6-4-5-7-18(16)30-19)20-21(27)25-23(29)26(3)22(20)28/h4-11,13,19,28H,12H2,1-3H3,(H,25,27,29). The van der Waals surface area contributed by atoms with Gasteiger partial charge in [-0.1, -0.05) is 50.2 Å². The molecule has 0 fully saturated rings. The molecule has 1 atom stereocenters. The van der Waals surface area contributed by atoms with Gasteiger partial charge in [-0.3, -0.25) is 19.3 Å². The molecule has 0 saturated heterocycles. The average Bonchev–Trinajstić information content (AvgIpc) is 2.92. The van der Waals surface area contributed by atoms with Crippen LogP contribution < -0.4 is 5.56 Å². The van der Waals surface area contributed by atoms with E-state index in [2.05, 4.69) is 43.1 Å². The van der Waals surface area contributed by atoms with Crippen molar-refractivity contribution in [3.05, 3.63) is 80.3 Å². The molecule has 2 aromatic carbocycles. The second-order valence-corrected chi connectivity index (χ2v) is 9.31. The Morgan fingerprint density at radius 1 is 1.20 bits per heavy atom. The number of aromatic hydroxyl groups is 1. The van der Waals surface area contributed by atoms with Gasteiger partial charge >= 0.3 is 0 Å². The van der Waals surface area contributed by atoms with Gasteiger partial charge in [0.05, 0.1) is 11.4 Å². The summed E-state index contributed by atoms with van der Waals surface area (Å²) >= 11 is 6.84. The third-order valence-electron chi connectivity index (χ3n) is 5.33. The number of para-hydroxylation sites is 1. The van der Waals surface area contributed by atoms with Crippen LogP contribution in [-0.4, -0.2) is 20.4 Å². The number of aliphatic imine (C=N–C) groups is 1. The van der Waals surface area contributed by atoms with Crippen LogP contribution >= 0.6 is 24.0 Å². The number of aromatic amines is 1. The van der Waals surface area contributed by atoms with E-state index in [0.29, 0.717) is 18.1 Å². The van der Waals surface area contributed by atoms with Gasteiger partial charge in [0, 0.05) is 23.6 Å². The molecule has 2 heterocycles. The number of rotatable bonds is 3. The third-order valence-corrected chi connectivity index (χ3v) is 7.02. The lowest BCUT2D eigenvalue weighted by Crippen LogP contribution is -2.23. The second-order valence-electron chi connectivity index (χ2n) is 7.68. The van der Waals surface area contributed by atoms with Crippen LogP contribution in [0.15, 0.2) is 63.2 Å². The van der Waals surface area contributed by atoms with Crippen molar-refractivity contribution in [1.82, 2.24) is 9.55 Å². The largest absolute Gasteiger partial charge is 0.494 e. The number of thioether (sulfide) groups is 1. The molecule has 0 spiro atoms. The number of H-pyrrole nitrogens is 1. The van der Waals surface area contributed by atoms with E-state index in [1.165, 1.54) is 10.1 Å². The van der Waals surface area contributed by atoms with Gasteiger partial charge in [-0.2, -0.15) is 0 Å². The van der Waals surface area contributed by atoms with E-state index in [9.17, 15) is 9.90 Å². The molecule has 5 nitrogen and oxygen atoms in total. The molecule has 1 aliphatic heterocycles. The van der Waals surface area contributed by atoms with Gasteiger partial charge in [-0.15, -0.1) is 11.8 Å². The second kappa shape index (κ2) is 8.24. The Kier molecular flexibility index (Phi) is 5.66.